The van der Waals surface area contributed by atoms with Crippen LogP contribution in [-0.4, -0.2) is 22.0 Å². The molecule has 4 nitrogen and oxygen atoms in total. The summed E-state index contributed by atoms with van der Waals surface area (Å²) in [5, 5.41) is 9.99. The molecule has 0 fully saturated rings. The van der Waals surface area contributed by atoms with E-state index in [0.717, 1.165) is 5.56 Å². The number of aliphatic hydroxyl groups is 1. The van der Waals surface area contributed by atoms with Gasteiger partial charge in [-0.25, -0.2) is 0 Å². The van der Waals surface area contributed by atoms with Gasteiger partial charge in [-0.2, -0.15) is 0 Å². The van der Waals surface area contributed by atoms with Crippen LogP contribution in [0.1, 0.15) is 18.2 Å². The number of rotatable bonds is 5. The molecule has 1 aromatic heterocycles. The Hall–Kier alpha value is -2.04. The van der Waals surface area contributed by atoms with Gasteiger partial charge in [0.25, 0.3) is 0 Å². The zero-order chi connectivity index (χ0) is 14.6. The van der Waals surface area contributed by atoms with Gasteiger partial charge >= 0.3 is 0 Å². The lowest BCUT2D eigenvalue weighted by Gasteiger charge is -2.30. The molecule has 0 saturated carbocycles. The van der Waals surface area contributed by atoms with Crippen LogP contribution in [0.25, 0.3) is 0 Å². The van der Waals surface area contributed by atoms with Crippen LogP contribution >= 0.6 is 0 Å². The van der Waals surface area contributed by atoms with Crippen LogP contribution in [0.2, 0.25) is 0 Å². The number of aliphatic hydroxyl groups excluding tert-OH is 1. The quantitative estimate of drug-likeness (QED) is 0.861. The second-order valence-corrected chi connectivity index (χ2v) is 4.85. The molecular formula is C16H18N2O2. The molecule has 2 rings (SSSR count). The molecule has 0 aliphatic heterocycles. The summed E-state index contributed by atoms with van der Waals surface area (Å²) in [6, 6.07) is 14.5. The van der Waals surface area contributed by atoms with Crippen LogP contribution in [-0.2, 0) is 16.8 Å². The number of hydrogen-bond acceptors (Lipinski definition) is 4. The number of carbonyl (C=O) groups excluding carboxylic acids is 1. The summed E-state index contributed by atoms with van der Waals surface area (Å²) in [6.07, 6.45) is 0.710. The third-order valence-corrected chi connectivity index (χ3v) is 3.42. The van der Waals surface area contributed by atoms with E-state index in [1.165, 1.54) is 6.92 Å². The molecule has 0 saturated heterocycles. The van der Waals surface area contributed by atoms with E-state index >= 15 is 0 Å². The molecule has 0 amide bonds. The number of pyridine rings is 1. The van der Waals surface area contributed by atoms with Gasteiger partial charge in [-0.1, -0.05) is 36.4 Å². The van der Waals surface area contributed by atoms with Crippen molar-refractivity contribution < 1.29 is 9.90 Å². The fraction of sp³-hybridized carbons (Fsp3) is 0.250. The summed E-state index contributed by atoms with van der Waals surface area (Å²) in [5.74, 6) is -0.252. The summed E-state index contributed by atoms with van der Waals surface area (Å²) in [4.78, 5) is 16.7. The molecule has 0 aliphatic rings. The molecule has 0 aliphatic carbocycles. The summed E-state index contributed by atoms with van der Waals surface area (Å²) in [6.45, 7) is 1.51. The number of Topliss-reactive ketones (excluding diaryl/α,β-unsaturated/α-hetero) is 1. The molecule has 2 unspecified atom stereocenters. The normalized spacial score (nSPS) is 15.3. The summed E-state index contributed by atoms with van der Waals surface area (Å²) in [5.41, 5.74) is 5.95. The standard InChI is InChI=1S/C16H18N2O2/c1-12(19)16(17,14-9-5-6-10-18-14)15(20)11-13-7-3-2-4-8-13/h2-10,12,19H,11,17H2,1H3. The van der Waals surface area contributed by atoms with Gasteiger partial charge in [0.05, 0.1) is 11.8 Å². The second-order valence-electron chi connectivity index (χ2n) is 4.85. The summed E-state index contributed by atoms with van der Waals surface area (Å²) in [7, 11) is 0. The molecule has 2 aromatic rings. The van der Waals surface area contributed by atoms with E-state index in [1.807, 2.05) is 30.3 Å². The van der Waals surface area contributed by atoms with Crippen molar-refractivity contribution in [3.05, 3.63) is 66.0 Å². The van der Waals surface area contributed by atoms with E-state index in [9.17, 15) is 9.90 Å². The van der Waals surface area contributed by atoms with Gasteiger partial charge in [0.2, 0.25) is 0 Å². The topological polar surface area (TPSA) is 76.2 Å². The first-order chi connectivity index (χ1) is 9.55. The lowest BCUT2D eigenvalue weighted by Crippen LogP contribution is -2.54. The molecule has 4 heteroatoms. The maximum absolute atomic E-state index is 12.6. The van der Waals surface area contributed by atoms with Gasteiger partial charge in [-0.05, 0) is 24.6 Å². The zero-order valence-electron chi connectivity index (χ0n) is 11.4. The van der Waals surface area contributed by atoms with Crippen molar-refractivity contribution in [1.29, 1.82) is 0 Å². The Morgan fingerprint density at radius 1 is 1.25 bits per heavy atom. The van der Waals surface area contributed by atoms with Crippen molar-refractivity contribution in [2.45, 2.75) is 25.0 Å². The number of nitrogens with two attached hydrogens (primary N) is 1. The molecule has 0 spiro atoms. The molecular weight excluding hydrogens is 252 g/mol. The first kappa shape index (κ1) is 14.4. The molecule has 0 radical (unpaired) electrons. The van der Waals surface area contributed by atoms with Gasteiger partial charge in [0.1, 0.15) is 5.54 Å². The Morgan fingerprint density at radius 2 is 1.90 bits per heavy atom. The zero-order valence-corrected chi connectivity index (χ0v) is 11.4. The number of nitrogens with zero attached hydrogens (tertiary/aromatic N) is 1. The SMILES string of the molecule is CC(O)C(N)(C(=O)Cc1ccccc1)c1ccccn1. The Bertz CT molecular complexity index is 570. The Labute approximate surface area is 118 Å². The molecule has 1 heterocycles. The smallest absolute Gasteiger partial charge is 0.165 e. The van der Waals surface area contributed by atoms with Gasteiger partial charge < -0.3 is 10.8 Å². The van der Waals surface area contributed by atoms with Crippen LogP contribution in [0.3, 0.4) is 0 Å². The number of hydrogen-bond donors (Lipinski definition) is 2. The Morgan fingerprint density at radius 3 is 2.45 bits per heavy atom. The van der Waals surface area contributed by atoms with E-state index in [2.05, 4.69) is 4.98 Å². The van der Waals surface area contributed by atoms with E-state index in [-0.39, 0.29) is 12.2 Å². The number of ketones is 1. The first-order valence-corrected chi connectivity index (χ1v) is 6.51. The molecule has 3 N–H and O–H groups in total. The predicted octanol–water partition coefficient (Wildman–Crippen LogP) is 1.43. The first-order valence-electron chi connectivity index (χ1n) is 6.51. The summed E-state index contributed by atoms with van der Waals surface area (Å²) >= 11 is 0. The van der Waals surface area contributed by atoms with Crippen LogP contribution in [0.4, 0.5) is 0 Å². The van der Waals surface area contributed by atoms with Crippen molar-refractivity contribution >= 4 is 5.78 Å². The maximum atomic E-state index is 12.6. The van der Waals surface area contributed by atoms with E-state index < -0.39 is 11.6 Å². The van der Waals surface area contributed by atoms with Crippen molar-refractivity contribution in [2.24, 2.45) is 5.73 Å². The van der Waals surface area contributed by atoms with Crippen LogP contribution in [0.15, 0.2) is 54.7 Å². The van der Waals surface area contributed by atoms with E-state index in [4.69, 9.17) is 5.73 Å². The Balaban J connectivity index is 2.32. The monoisotopic (exact) mass is 270 g/mol. The molecule has 2 atom stereocenters. The van der Waals surface area contributed by atoms with Gasteiger partial charge in [-0.3, -0.25) is 9.78 Å². The van der Waals surface area contributed by atoms with E-state index in [0.29, 0.717) is 5.69 Å². The molecule has 0 bridgehead atoms. The highest BCUT2D eigenvalue weighted by Gasteiger charge is 2.41. The van der Waals surface area contributed by atoms with Crippen LogP contribution in [0.5, 0.6) is 0 Å². The average molecular weight is 270 g/mol. The van der Waals surface area contributed by atoms with E-state index in [1.54, 1.807) is 24.4 Å². The van der Waals surface area contributed by atoms with Crippen molar-refractivity contribution in [3.8, 4) is 0 Å². The fourth-order valence-electron chi connectivity index (χ4n) is 2.12. The largest absolute Gasteiger partial charge is 0.391 e. The van der Waals surface area contributed by atoms with Crippen molar-refractivity contribution in [2.75, 3.05) is 0 Å². The molecule has 20 heavy (non-hydrogen) atoms. The van der Waals surface area contributed by atoms with Crippen molar-refractivity contribution in [3.63, 3.8) is 0 Å². The maximum Gasteiger partial charge on any atom is 0.165 e. The van der Waals surface area contributed by atoms with Gasteiger partial charge in [0.15, 0.2) is 5.78 Å². The number of benzene rings is 1. The minimum absolute atomic E-state index is 0.165. The minimum Gasteiger partial charge on any atom is -0.391 e. The fourth-order valence-corrected chi connectivity index (χ4v) is 2.12. The molecule has 1 aromatic carbocycles. The van der Waals surface area contributed by atoms with Crippen LogP contribution in [0, 0.1) is 0 Å². The predicted molar refractivity (Wildman–Crippen MR) is 76.9 cm³/mol. The highest BCUT2D eigenvalue weighted by Crippen LogP contribution is 2.23. The third-order valence-electron chi connectivity index (χ3n) is 3.42. The highest BCUT2D eigenvalue weighted by atomic mass is 16.3. The third kappa shape index (κ3) is 2.76. The average Bonchev–Trinajstić information content (AvgIpc) is 2.48. The second kappa shape index (κ2) is 5.94. The highest BCUT2D eigenvalue weighted by molar-refractivity contribution is 5.91. The number of aromatic nitrogens is 1. The van der Waals surface area contributed by atoms with Gasteiger partial charge in [-0.15, -0.1) is 0 Å². The van der Waals surface area contributed by atoms with Crippen molar-refractivity contribution in [1.82, 2.24) is 4.98 Å². The number of carbonyl (C=O) groups is 1. The molecule has 104 valence electrons. The lowest BCUT2D eigenvalue weighted by atomic mass is 9.83. The summed E-state index contributed by atoms with van der Waals surface area (Å²) < 4.78 is 0. The Kier molecular flexibility index (Phi) is 4.27. The van der Waals surface area contributed by atoms with Gasteiger partial charge in [0, 0.05) is 12.6 Å². The minimum atomic E-state index is -1.49. The van der Waals surface area contributed by atoms with Crippen LogP contribution < -0.4 is 5.73 Å². The lowest BCUT2D eigenvalue weighted by molar-refractivity contribution is -0.127.